The molecule has 0 saturated heterocycles. The Kier molecular flexibility index (Phi) is 7.83. The maximum absolute atomic E-state index is 14.8. The van der Waals surface area contributed by atoms with Gasteiger partial charge in [0, 0.05) is 25.5 Å². The van der Waals surface area contributed by atoms with Gasteiger partial charge < -0.3 is 14.4 Å². The van der Waals surface area contributed by atoms with E-state index >= 15 is 0 Å². The Bertz CT molecular complexity index is 1460. The molecule has 1 N–H and O–H groups in total. The van der Waals surface area contributed by atoms with Crippen LogP contribution in [-0.4, -0.2) is 34.1 Å². The molecule has 1 heterocycles. The van der Waals surface area contributed by atoms with Crippen LogP contribution in [0.4, 0.5) is 8.78 Å². The number of aliphatic carboxylic acids is 1. The van der Waals surface area contributed by atoms with Crippen LogP contribution in [0.25, 0.3) is 34.0 Å². The number of nitrogens with zero attached hydrogens (tertiary/aromatic N) is 2. The number of carboxylic acid groups (broad SMARTS) is 1. The fraction of sp³-hybridized carbons (Fsp3) is 0.214. The quantitative estimate of drug-likeness (QED) is 0.254. The van der Waals surface area contributed by atoms with Gasteiger partial charge in [-0.25, -0.2) is 8.78 Å². The second-order valence-electron chi connectivity index (χ2n) is 8.53. The highest BCUT2D eigenvalue weighted by molar-refractivity contribution is 5.97. The Balaban J connectivity index is 1.62. The van der Waals surface area contributed by atoms with Crippen molar-refractivity contribution >= 4 is 11.8 Å². The van der Waals surface area contributed by atoms with Crippen LogP contribution in [0.1, 0.15) is 40.7 Å². The highest BCUT2D eigenvalue weighted by Gasteiger charge is 2.21. The zero-order valence-corrected chi connectivity index (χ0v) is 20.3. The summed E-state index contributed by atoms with van der Waals surface area (Å²) in [6, 6.07) is 15.1. The Morgan fingerprint density at radius 2 is 1.76 bits per heavy atom. The number of Topliss-reactive ketones (excluding diaryl/α,β-unsaturated/α-hetero) is 1. The van der Waals surface area contributed by atoms with Crippen LogP contribution in [0.15, 0.2) is 59.1 Å². The van der Waals surface area contributed by atoms with Crippen molar-refractivity contribution in [2.75, 3.05) is 7.11 Å². The van der Waals surface area contributed by atoms with E-state index in [1.54, 1.807) is 13.2 Å². The highest BCUT2D eigenvalue weighted by Crippen LogP contribution is 2.32. The fourth-order valence-corrected chi connectivity index (χ4v) is 4.06. The standard InChI is InChI=1S/C28H24F2N2O5/c1-16-6-3-4-7-19(16)20-11-10-17(12-18(20)15-36-2)28-31-27(32-37-28)22-14-23(29)21(13-24(22)30)25(33)8-5-9-26(34)35/h3-4,6-7,10-14H,5,8-9,15H2,1-2H3,(H,34,35). The van der Waals surface area contributed by atoms with Crippen molar-refractivity contribution in [3.8, 4) is 34.0 Å². The average Bonchev–Trinajstić information content (AvgIpc) is 3.36. The summed E-state index contributed by atoms with van der Waals surface area (Å²) in [7, 11) is 1.59. The molecule has 4 aromatic rings. The van der Waals surface area contributed by atoms with Gasteiger partial charge in [-0.15, -0.1) is 0 Å². The number of benzene rings is 3. The molecule has 0 bridgehead atoms. The molecule has 1 aromatic heterocycles. The van der Waals surface area contributed by atoms with Crippen LogP contribution in [0.2, 0.25) is 0 Å². The molecule has 3 aromatic carbocycles. The fourth-order valence-electron chi connectivity index (χ4n) is 4.06. The average molecular weight is 507 g/mol. The Morgan fingerprint density at radius 1 is 0.973 bits per heavy atom. The summed E-state index contributed by atoms with van der Waals surface area (Å²) in [6.45, 7) is 2.35. The van der Waals surface area contributed by atoms with Gasteiger partial charge in [-0.1, -0.05) is 35.5 Å². The number of carboxylic acids is 1. The second kappa shape index (κ2) is 11.2. The molecule has 0 unspecified atom stereocenters. The van der Waals surface area contributed by atoms with Crippen LogP contribution in [0, 0.1) is 18.6 Å². The molecule has 0 saturated carbocycles. The highest BCUT2D eigenvalue weighted by atomic mass is 19.1. The van der Waals surface area contributed by atoms with Gasteiger partial charge in [-0.3, -0.25) is 9.59 Å². The number of methoxy groups -OCH3 is 1. The zero-order chi connectivity index (χ0) is 26.5. The summed E-state index contributed by atoms with van der Waals surface area (Å²) in [6.07, 6.45) is -0.423. The minimum Gasteiger partial charge on any atom is -0.481 e. The van der Waals surface area contributed by atoms with Gasteiger partial charge in [0.25, 0.3) is 5.89 Å². The summed E-state index contributed by atoms with van der Waals surface area (Å²) in [4.78, 5) is 27.1. The molecular weight excluding hydrogens is 482 g/mol. The number of carbonyl (C=O) groups excluding carboxylic acids is 1. The number of ketones is 1. The summed E-state index contributed by atoms with van der Waals surface area (Å²) in [5.41, 5.74) is 3.90. The first-order chi connectivity index (χ1) is 17.8. The SMILES string of the molecule is COCc1cc(-c2nc(-c3cc(F)c(C(=O)CCCC(=O)O)cc3F)no2)ccc1-c1ccccc1C. The first-order valence-electron chi connectivity index (χ1n) is 11.5. The lowest BCUT2D eigenvalue weighted by Gasteiger charge is -2.12. The number of hydrogen-bond donors (Lipinski definition) is 1. The number of aromatic nitrogens is 2. The van der Waals surface area contributed by atoms with Gasteiger partial charge in [0.15, 0.2) is 5.78 Å². The van der Waals surface area contributed by atoms with Gasteiger partial charge in [0.05, 0.1) is 17.7 Å². The molecule has 9 heteroatoms. The largest absolute Gasteiger partial charge is 0.481 e. The zero-order valence-electron chi connectivity index (χ0n) is 20.3. The molecule has 0 spiro atoms. The number of hydrogen-bond acceptors (Lipinski definition) is 6. The monoisotopic (exact) mass is 506 g/mol. The van der Waals surface area contributed by atoms with Crippen LogP contribution in [0.5, 0.6) is 0 Å². The smallest absolute Gasteiger partial charge is 0.303 e. The van der Waals surface area contributed by atoms with Crippen molar-refractivity contribution in [2.24, 2.45) is 0 Å². The topological polar surface area (TPSA) is 103 Å². The summed E-state index contributed by atoms with van der Waals surface area (Å²) >= 11 is 0. The number of rotatable bonds is 10. The van der Waals surface area contributed by atoms with Gasteiger partial charge in [-0.2, -0.15) is 4.98 Å². The molecule has 0 aliphatic heterocycles. The van der Waals surface area contributed by atoms with E-state index in [2.05, 4.69) is 10.1 Å². The predicted octanol–water partition coefficient (Wildman–Crippen LogP) is 6.24. The van der Waals surface area contributed by atoms with Crippen molar-refractivity contribution in [3.05, 3.63) is 82.9 Å². The number of ether oxygens (including phenoxy) is 1. The predicted molar refractivity (Wildman–Crippen MR) is 132 cm³/mol. The van der Waals surface area contributed by atoms with E-state index in [1.807, 2.05) is 43.3 Å². The number of carbonyl (C=O) groups is 2. The molecule has 37 heavy (non-hydrogen) atoms. The first kappa shape index (κ1) is 25.8. The molecule has 0 amide bonds. The number of aryl methyl sites for hydroxylation is 1. The summed E-state index contributed by atoms with van der Waals surface area (Å²) in [5, 5.41) is 12.5. The van der Waals surface area contributed by atoms with E-state index in [9.17, 15) is 18.4 Å². The van der Waals surface area contributed by atoms with E-state index in [-0.39, 0.29) is 36.5 Å². The molecule has 0 fully saturated rings. The Hall–Kier alpha value is -4.24. The van der Waals surface area contributed by atoms with Crippen LogP contribution in [-0.2, 0) is 16.1 Å². The third-order valence-electron chi connectivity index (χ3n) is 5.91. The van der Waals surface area contributed by atoms with E-state index in [4.69, 9.17) is 14.4 Å². The van der Waals surface area contributed by atoms with Crippen LogP contribution >= 0.6 is 0 Å². The summed E-state index contributed by atoms with van der Waals surface area (Å²) < 4.78 is 40.2. The minimum absolute atomic E-state index is 0.0267. The molecule has 0 radical (unpaired) electrons. The molecule has 0 aliphatic carbocycles. The number of halogens is 2. The first-order valence-corrected chi connectivity index (χ1v) is 11.5. The van der Waals surface area contributed by atoms with E-state index in [0.717, 1.165) is 34.4 Å². The van der Waals surface area contributed by atoms with E-state index in [1.165, 1.54) is 0 Å². The lowest BCUT2D eigenvalue weighted by Crippen LogP contribution is -2.06. The lowest BCUT2D eigenvalue weighted by molar-refractivity contribution is -0.137. The Labute approximate surface area is 211 Å². The van der Waals surface area contributed by atoms with E-state index in [0.29, 0.717) is 12.2 Å². The minimum atomic E-state index is -1.07. The van der Waals surface area contributed by atoms with Crippen molar-refractivity contribution in [2.45, 2.75) is 32.8 Å². The maximum atomic E-state index is 14.8. The van der Waals surface area contributed by atoms with Gasteiger partial charge in [0.1, 0.15) is 11.6 Å². The molecule has 4 rings (SSSR count). The van der Waals surface area contributed by atoms with Gasteiger partial charge in [-0.05, 0) is 59.9 Å². The molecule has 190 valence electrons. The molecule has 0 atom stereocenters. The lowest BCUT2D eigenvalue weighted by atomic mass is 9.94. The summed E-state index contributed by atoms with van der Waals surface area (Å²) in [5.74, 6) is -3.66. The molecule has 0 aliphatic rings. The van der Waals surface area contributed by atoms with Crippen molar-refractivity contribution in [3.63, 3.8) is 0 Å². The van der Waals surface area contributed by atoms with Crippen molar-refractivity contribution in [1.29, 1.82) is 0 Å². The van der Waals surface area contributed by atoms with Crippen LogP contribution < -0.4 is 0 Å². The molecule has 7 nitrogen and oxygen atoms in total. The van der Waals surface area contributed by atoms with Crippen molar-refractivity contribution in [1.82, 2.24) is 10.1 Å². The third kappa shape index (κ3) is 5.78. The normalized spacial score (nSPS) is 11.0. The van der Waals surface area contributed by atoms with E-state index < -0.39 is 29.0 Å². The molecular formula is C28H24F2N2O5. The maximum Gasteiger partial charge on any atom is 0.303 e. The third-order valence-corrected chi connectivity index (χ3v) is 5.91. The van der Waals surface area contributed by atoms with Crippen molar-refractivity contribution < 1.29 is 32.7 Å². The van der Waals surface area contributed by atoms with Gasteiger partial charge in [0.2, 0.25) is 5.82 Å². The Morgan fingerprint density at radius 3 is 2.49 bits per heavy atom. The van der Waals surface area contributed by atoms with Crippen LogP contribution in [0.3, 0.4) is 0 Å². The van der Waals surface area contributed by atoms with Gasteiger partial charge >= 0.3 is 5.97 Å². The second-order valence-corrected chi connectivity index (χ2v) is 8.53.